The van der Waals surface area contributed by atoms with Crippen molar-refractivity contribution < 1.29 is 24.2 Å². The summed E-state index contributed by atoms with van der Waals surface area (Å²) in [4.78, 5) is 44.0. The maximum absolute atomic E-state index is 14.2. The number of carbonyl (C=O) groups excluding carboxylic acids is 2. The molecule has 8 atom stereocenters. The molecule has 6 rings (SSSR count). The highest BCUT2D eigenvalue weighted by Crippen LogP contribution is 2.73. The first kappa shape index (κ1) is 42.1. The zero-order valence-corrected chi connectivity index (χ0v) is 36.4. The maximum Gasteiger partial charge on any atom is 0.309 e. The zero-order chi connectivity index (χ0) is 40.3. The van der Waals surface area contributed by atoms with Crippen molar-refractivity contribution in [2.24, 2.45) is 56.7 Å². The van der Waals surface area contributed by atoms with E-state index in [1.54, 1.807) is 19.4 Å². The number of rotatable bonds is 13. The van der Waals surface area contributed by atoms with Gasteiger partial charge in [0.2, 0.25) is 0 Å². The number of carboxylic acid groups (broad SMARTS) is 1. The average molecular weight is 759 g/mol. The van der Waals surface area contributed by atoms with Crippen LogP contribution >= 0.6 is 0 Å². The molecular weight excluding hydrogens is 685 g/mol. The number of nitrogens with zero attached hydrogens (tertiary/aromatic N) is 2. The van der Waals surface area contributed by atoms with Crippen molar-refractivity contribution in [1.82, 2.24) is 9.80 Å². The molecule has 1 N–H and O–H groups in total. The molecule has 55 heavy (non-hydrogen) atoms. The zero-order valence-electron chi connectivity index (χ0n) is 36.4. The van der Waals surface area contributed by atoms with Crippen LogP contribution < -0.4 is 0 Å². The van der Waals surface area contributed by atoms with Crippen LogP contribution in [0.4, 0.5) is 0 Å². The lowest BCUT2D eigenvalue weighted by molar-refractivity contribution is -0.214. The van der Waals surface area contributed by atoms with Crippen molar-refractivity contribution in [3.05, 3.63) is 46.5 Å². The molecule has 7 nitrogen and oxygen atoms in total. The van der Waals surface area contributed by atoms with E-state index in [-0.39, 0.29) is 40.1 Å². The van der Waals surface area contributed by atoms with E-state index in [0.717, 1.165) is 58.3 Å². The van der Waals surface area contributed by atoms with E-state index < -0.39 is 17.4 Å². The number of Topliss-reactive ketones (excluding diaryl/α,β-unsaturated/α-hetero) is 1. The van der Waals surface area contributed by atoms with E-state index >= 15 is 0 Å². The number of benzene rings is 1. The number of ketones is 1. The third kappa shape index (κ3) is 7.76. The molecule has 0 spiro atoms. The highest BCUT2D eigenvalue weighted by atomic mass is 16.5. The molecule has 0 aliphatic heterocycles. The van der Waals surface area contributed by atoms with Crippen molar-refractivity contribution in [1.29, 1.82) is 0 Å². The Morgan fingerprint density at radius 1 is 0.891 bits per heavy atom. The molecule has 8 unspecified atom stereocenters. The van der Waals surface area contributed by atoms with Gasteiger partial charge >= 0.3 is 11.9 Å². The van der Waals surface area contributed by atoms with Gasteiger partial charge in [0.05, 0.1) is 11.8 Å². The monoisotopic (exact) mass is 759 g/mol. The summed E-state index contributed by atoms with van der Waals surface area (Å²) < 4.78 is 6.19. The summed E-state index contributed by atoms with van der Waals surface area (Å²) in [7, 11) is 4.32. The van der Waals surface area contributed by atoms with Crippen LogP contribution in [0, 0.1) is 63.6 Å². The van der Waals surface area contributed by atoms with Crippen LogP contribution in [0.2, 0.25) is 0 Å². The summed E-state index contributed by atoms with van der Waals surface area (Å²) in [6, 6.07) is 9.01. The Kier molecular flexibility index (Phi) is 11.7. The molecule has 0 heterocycles. The second-order valence-corrected chi connectivity index (χ2v) is 21.4. The quantitative estimate of drug-likeness (QED) is 0.201. The van der Waals surface area contributed by atoms with Crippen molar-refractivity contribution in [3.8, 4) is 0 Å². The molecule has 0 radical (unpaired) electrons. The van der Waals surface area contributed by atoms with Crippen LogP contribution in [0.25, 0.3) is 0 Å². The van der Waals surface area contributed by atoms with Crippen LogP contribution in [-0.4, -0.2) is 72.5 Å². The lowest BCUT2D eigenvalue weighted by atomic mass is 9.36. The Morgan fingerprint density at radius 2 is 1.56 bits per heavy atom. The molecule has 0 saturated heterocycles. The number of carboxylic acids is 1. The number of ether oxygens (including phenoxy) is 1. The highest BCUT2D eigenvalue weighted by molar-refractivity contribution is 6.00. The van der Waals surface area contributed by atoms with E-state index in [0.29, 0.717) is 35.9 Å². The molecule has 1 aromatic carbocycles. The van der Waals surface area contributed by atoms with Gasteiger partial charge in [-0.25, -0.2) is 0 Å². The number of likely N-dealkylation sites (N-methyl/N-ethyl adjacent to an activating group) is 1. The van der Waals surface area contributed by atoms with Gasteiger partial charge in [0.15, 0.2) is 5.78 Å². The van der Waals surface area contributed by atoms with Crippen LogP contribution in [0.3, 0.4) is 0 Å². The van der Waals surface area contributed by atoms with Gasteiger partial charge in [-0.15, -0.1) is 0 Å². The summed E-state index contributed by atoms with van der Waals surface area (Å²) in [5, 5.41) is 9.63. The van der Waals surface area contributed by atoms with E-state index in [1.807, 2.05) is 0 Å². The molecule has 1 aromatic rings. The van der Waals surface area contributed by atoms with E-state index in [4.69, 9.17) is 4.74 Å². The Morgan fingerprint density at radius 3 is 2.20 bits per heavy atom. The number of aliphatic carboxylic acids is 1. The maximum atomic E-state index is 14.2. The molecule has 4 saturated carbocycles. The van der Waals surface area contributed by atoms with Gasteiger partial charge in [0.1, 0.15) is 6.10 Å². The molecule has 0 bridgehead atoms. The minimum Gasteiger partial charge on any atom is -0.481 e. The lowest BCUT2D eigenvalue weighted by Gasteiger charge is -2.69. The summed E-state index contributed by atoms with van der Waals surface area (Å²) in [5.74, 6) is 1.39. The second kappa shape index (κ2) is 15.3. The van der Waals surface area contributed by atoms with Crippen LogP contribution in [-0.2, 0) is 25.7 Å². The van der Waals surface area contributed by atoms with Gasteiger partial charge in [-0.3, -0.25) is 19.3 Å². The number of carbonyl (C=O) groups is 3. The second-order valence-electron chi connectivity index (χ2n) is 21.4. The van der Waals surface area contributed by atoms with Crippen molar-refractivity contribution in [3.63, 3.8) is 0 Å². The molecular formula is C48H74N2O5. The van der Waals surface area contributed by atoms with Crippen molar-refractivity contribution in [2.75, 3.05) is 33.7 Å². The van der Waals surface area contributed by atoms with Gasteiger partial charge in [-0.1, -0.05) is 76.9 Å². The SMILES string of the molecule is Cc1ccc(CN(CCN(C)C)CCC23CCC4C(CCC5C4(C)CCC4C(C)(C)C(OC(=O)CC(C)(C)C(=O)O)CCC45C)C2=C(C(C)C)C(=O)C3)cc1. The summed E-state index contributed by atoms with van der Waals surface area (Å²) >= 11 is 0. The number of allylic oxidation sites excluding steroid dienone is 2. The fraction of sp³-hybridized carbons (Fsp3) is 0.771. The molecule has 7 heteroatoms. The van der Waals surface area contributed by atoms with Crippen LogP contribution in [0.1, 0.15) is 137 Å². The first-order valence-corrected chi connectivity index (χ1v) is 21.8. The topological polar surface area (TPSA) is 87.2 Å². The Balaban J connectivity index is 1.23. The third-order valence-corrected chi connectivity index (χ3v) is 16.4. The molecule has 5 aliphatic carbocycles. The first-order valence-electron chi connectivity index (χ1n) is 21.8. The van der Waals surface area contributed by atoms with Crippen molar-refractivity contribution >= 4 is 17.7 Å². The van der Waals surface area contributed by atoms with Gasteiger partial charge in [0.25, 0.3) is 0 Å². The van der Waals surface area contributed by atoms with Crippen LogP contribution in [0.5, 0.6) is 0 Å². The van der Waals surface area contributed by atoms with Gasteiger partial charge < -0.3 is 14.7 Å². The Hall–Kier alpha value is -2.51. The average Bonchev–Trinajstić information content (AvgIpc) is 3.40. The smallest absolute Gasteiger partial charge is 0.309 e. The molecule has 4 fully saturated rings. The normalized spacial score (nSPS) is 34.4. The summed E-state index contributed by atoms with van der Waals surface area (Å²) in [6.45, 7) is 23.7. The van der Waals surface area contributed by atoms with Gasteiger partial charge in [0, 0.05) is 36.9 Å². The Bertz CT molecular complexity index is 1640. The molecule has 0 aromatic heterocycles. The summed E-state index contributed by atoms with van der Waals surface area (Å²) in [5.41, 5.74) is 4.40. The highest BCUT2D eigenvalue weighted by Gasteiger charge is 2.66. The fourth-order valence-corrected chi connectivity index (χ4v) is 13.5. The number of aryl methyl sites for hydroxylation is 1. The number of hydrogen-bond donors (Lipinski definition) is 1. The lowest BCUT2D eigenvalue weighted by Crippen LogP contribution is -2.63. The fourth-order valence-electron chi connectivity index (χ4n) is 13.5. The van der Waals surface area contributed by atoms with Gasteiger partial charge in [-0.05, 0) is 151 Å². The predicted octanol–water partition coefficient (Wildman–Crippen LogP) is 9.75. The predicted molar refractivity (Wildman–Crippen MR) is 220 cm³/mol. The minimum atomic E-state index is -1.14. The van der Waals surface area contributed by atoms with Gasteiger partial charge in [-0.2, -0.15) is 0 Å². The van der Waals surface area contributed by atoms with Crippen molar-refractivity contribution in [2.45, 2.75) is 146 Å². The summed E-state index contributed by atoms with van der Waals surface area (Å²) in [6.07, 6.45) is 10.3. The molecule has 0 amide bonds. The third-order valence-electron chi connectivity index (χ3n) is 16.4. The van der Waals surface area contributed by atoms with E-state index in [2.05, 4.69) is 96.6 Å². The van der Waals surface area contributed by atoms with E-state index in [1.165, 1.54) is 42.4 Å². The minimum absolute atomic E-state index is 0.0229. The number of fused-ring (bicyclic) bond motifs is 7. The number of hydrogen-bond acceptors (Lipinski definition) is 6. The number of esters is 1. The first-order chi connectivity index (χ1) is 25.6. The molecule has 5 aliphatic rings. The van der Waals surface area contributed by atoms with Crippen LogP contribution in [0.15, 0.2) is 35.4 Å². The molecule has 306 valence electrons. The standard InChI is InChI=1S/C48H74N2O5/c1-31(2)41-36(51)28-48(24-25-50(27-26-49(10)11)30-33-14-12-32(3)13-15-33)23-18-35-34(42(41)48)16-17-38-46(35,8)21-19-37-45(6,7)39(20-22-47(37,38)9)55-40(52)29-44(4,5)43(53)54/h12-15,31,34-35,37-39H,16-30H2,1-11H3,(H,53,54). The Labute approximate surface area is 333 Å². The largest absolute Gasteiger partial charge is 0.481 e. The van der Waals surface area contributed by atoms with E-state index in [9.17, 15) is 19.5 Å².